The molecule has 3 nitrogen and oxygen atoms in total. The fourth-order valence-electron chi connectivity index (χ4n) is 2.86. The van der Waals surface area contributed by atoms with Gasteiger partial charge in [-0.05, 0) is 55.0 Å². The fraction of sp³-hybridized carbons (Fsp3) is 0.400. The SMILES string of the molecule is COc1ccc2nc3c(c(CN)c2c1)CCCC3. The lowest BCUT2D eigenvalue weighted by molar-refractivity contribution is 0.415. The Morgan fingerprint density at radius 1 is 1.28 bits per heavy atom. The standard InChI is InChI=1S/C15H18N2O/c1-18-10-6-7-15-12(8-10)13(9-16)11-4-2-3-5-14(11)17-15/h6-8H,2-5,9,16H2,1H3. The topological polar surface area (TPSA) is 48.1 Å². The molecule has 0 saturated carbocycles. The number of nitrogens with zero attached hydrogens (tertiary/aromatic N) is 1. The van der Waals surface area contributed by atoms with Crippen LogP contribution in [0.3, 0.4) is 0 Å². The van der Waals surface area contributed by atoms with Crippen LogP contribution in [0.15, 0.2) is 18.2 Å². The van der Waals surface area contributed by atoms with E-state index in [1.165, 1.54) is 29.7 Å². The van der Waals surface area contributed by atoms with Crippen LogP contribution in [0.25, 0.3) is 10.9 Å². The molecule has 1 aliphatic rings. The minimum absolute atomic E-state index is 0.578. The largest absolute Gasteiger partial charge is 0.497 e. The molecule has 1 aliphatic carbocycles. The van der Waals surface area contributed by atoms with E-state index in [-0.39, 0.29) is 0 Å². The molecule has 2 N–H and O–H groups in total. The van der Waals surface area contributed by atoms with Gasteiger partial charge in [0.05, 0.1) is 12.6 Å². The zero-order chi connectivity index (χ0) is 12.5. The molecule has 0 bridgehead atoms. The van der Waals surface area contributed by atoms with Crippen LogP contribution in [0, 0.1) is 0 Å². The van der Waals surface area contributed by atoms with Crippen molar-refractivity contribution in [2.75, 3.05) is 7.11 Å². The van der Waals surface area contributed by atoms with Crippen LogP contribution in [0.2, 0.25) is 0 Å². The van der Waals surface area contributed by atoms with Gasteiger partial charge in [0.15, 0.2) is 0 Å². The van der Waals surface area contributed by atoms with E-state index >= 15 is 0 Å². The summed E-state index contributed by atoms with van der Waals surface area (Å²) in [6, 6.07) is 6.05. The van der Waals surface area contributed by atoms with E-state index in [0.29, 0.717) is 6.54 Å². The third-order valence-corrected chi connectivity index (χ3v) is 3.79. The fourth-order valence-corrected chi connectivity index (χ4v) is 2.86. The lowest BCUT2D eigenvalue weighted by Gasteiger charge is -2.20. The number of methoxy groups -OCH3 is 1. The van der Waals surface area contributed by atoms with Crippen LogP contribution in [-0.4, -0.2) is 12.1 Å². The number of benzene rings is 1. The highest BCUT2D eigenvalue weighted by atomic mass is 16.5. The number of ether oxygens (including phenoxy) is 1. The molecule has 0 spiro atoms. The summed E-state index contributed by atoms with van der Waals surface area (Å²) in [5.74, 6) is 0.870. The smallest absolute Gasteiger partial charge is 0.119 e. The van der Waals surface area contributed by atoms with Gasteiger partial charge in [-0.2, -0.15) is 0 Å². The van der Waals surface area contributed by atoms with E-state index in [4.69, 9.17) is 15.5 Å². The molecule has 2 aromatic rings. The van der Waals surface area contributed by atoms with Crippen molar-refractivity contribution in [2.24, 2.45) is 5.73 Å². The lowest BCUT2D eigenvalue weighted by atomic mass is 9.90. The number of aryl methyl sites for hydroxylation is 1. The van der Waals surface area contributed by atoms with Crippen molar-refractivity contribution in [3.05, 3.63) is 35.0 Å². The van der Waals surface area contributed by atoms with E-state index in [9.17, 15) is 0 Å². The Bertz CT molecular complexity index is 593. The van der Waals surface area contributed by atoms with Gasteiger partial charge in [-0.15, -0.1) is 0 Å². The average Bonchev–Trinajstić information content (AvgIpc) is 2.44. The van der Waals surface area contributed by atoms with Crippen LogP contribution in [0.4, 0.5) is 0 Å². The van der Waals surface area contributed by atoms with Gasteiger partial charge in [0.25, 0.3) is 0 Å². The van der Waals surface area contributed by atoms with Crippen molar-refractivity contribution in [3.8, 4) is 5.75 Å². The second-order valence-corrected chi connectivity index (χ2v) is 4.81. The highest BCUT2D eigenvalue weighted by Crippen LogP contribution is 2.30. The molecular formula is C15H18N2O. The van der Waals surface area contributed by atoms with Gasteiger partial charge in [-0.25, -0.2) is 0 Å². The number of hydrogen-bond donors (Lipinski definition) is 1. The summed E-state index contributed by atoms with van der Waals surface area (Å²) in [5, 5.41) is 1.15. The number of rotatable bonds is 2. The quantitative estimate of drug-likeness (QED) is 0.880. The van der Waals surface area contributed by atoms with Gasteiger partial charge in [-0.3, -0.25) is 4.98 Å². The summed E-state index contributed by atoms with van der Waals surface area (Å²) in [7, 11) is 1.69. The van der Waals surface area contributed by atoms with E-state index in [0.717, 1.165) is 29.5 Å². The van der Waals surface area contributed by atoms with Crippen molar-refractivity contribution < 1.29 is 4.74 Å². The van der Waals surface area contributed by atoms with E-state index < -0.39 is 0 Å². The molecule has 1 aromatic heterocycles. The molecule has 0 unspecified atom stereocenters. The third kappa shape index (κ3) is 1.75. The van der Waals surface area contributed by atoms with Crippen LogP contribution >= 0.6 is 0 Å². The Balaban J connectivity index is 2.30. The summed E-state index contributed by atoms with van der Waals surface area (Å²) in [6.07, 6.45) is 4.69. The van der Waals surface area contributed by atoms with Gasteiger partial charge in [0.1, 0.15) is 5.75 Å². The molecule has 0 radical (unpaired) electrons. The maximum Gasteiger partial charge on any atom is 0.119 e. The molecule has 0 fully saturated rings. The molecule has 0 saturated heterocycles. The van der Waals surface area contributed by atoms with Gasteiger partial charge < -0.3 is 10.5 Å². The number of nitrogens with two attached hydrogens (primary N) is 1. The first-order valence-corrected chi connectivity index (χ1v) is 6.52. The predicted molar refractivity (Wildman–Crippen MR) is 72.8 cm³/mol. The van der Waals surface area contributed by atoms with Gasteiger partial charge in [0, 0.05) is 17.6 Å². The van der Waals surface area contributed by atoms with Crippen molar-refractivity contribution in [3.63, 3.8) is 0 Å². The van der Waals surface area contributed by atoms with E-state index in [1.807, 2.05) is 12.1 Å². The zero-order valence-corrected chi connectivity index (χ0v) is 10.7. The monoisotopic (exact) mass is 242 g/mol. The Morgan fingerprint density at radius 2 is 2.11 bits per heavy atom. The molecule has 94 valence electrons. The molecule has 1 heterocycles. The minimum Gasteiger partial charge on any atom is -0.497 e. The molecule has 3 heteroatoms. The second-order valence-electron chi connectivity index (χ2n) is 4.81. The maximum atomic E-state index is 5.96. The van der Waals surface area contributed by atoms with E-state index in [2.05, 4.69) is 6.07 Å². The average molecular weight is 242 g/mol. The van der Waals surface area contributed by atoms with Crippen molar-refractivity contribution in [2.45, 2.75) is 32.2 Å². The van der Waals surface area contributed by atoms with Gasteiger partial charge >= 0.3 is 0 Å². The second kappa shape index (κ2) is 4.58. The summed E-state index contributed by atoms with van der Waals surface area (Å²) < 4.78 is 5.30. The predicted octanol–water partition coefficient (Wildman–Crippen LogP) is 2.58. The number of fused-ring (bicyclic) bond motifs is 2. The van der Waals surface area contributed by atoms with Gasteiger partial charge in [0.2, 0.25) is 0 Å². The van der Waals surface area contributed by atoms with Crippen LogP contribution in [0.5, 0.6) is 5.75 Å². The first-order valence-electron chi connectivity index (χ1n) is 6.52. The molecule has 0 atom stereocenters. The first kappa shape index (κ1) is 11.5. The Morgan fingerprint density at radius 3 is 2.89 bits per heavy atom. The lowest BCUT2D eigenvalue weighted by Crippen LogP contribution is -2.12. The molecule has 0 aliphatic heterocycles. The van der Waals surface area contributed by atoms with Crippen molar-refractivity contribution >= 4 is 10.9 Å². The van der Waals surface area contributed by atoms with Gasteiger partial charge in [-0.1, -0.05) is 0 Å². The number of pyridine rings is 1. The van der Waals surface area contributed by atoms with Crippen LogP contribution in [-0.2, 0) is 19.4 Å². The number of hydrogen-bond acceptors (Lipinski definition) is 3. The molecule has 3 rings (SSSR count). The Hall–Kier alpha value is -1.61. The van der Waals surface area contributed by atoms with Crippen LogP contribution < -0.4 is 10.5 Å². The summed E-state index contributed by atoms with van der Waals surface area (Å²) in [5.41, 5.74) is 10.9. The molecule has 0 amide bonds. The zero-order valence-electron chi connectivity index (χ0n) is 10.7. The van der Waals surface area contributed by atoms with Crippen molar-refractivity contribution in [1.29, 1.82) is 0 Å². The first-order chi connectivity index (χ1) is 8.83. The highest BCUT2D eigenvalue weighted by molar-refractivity contribution is 5.85. The maximum absolute atomic E-state index is 5.96. The minimum atomic E-state index is 0.578. The molecule has 18 heavy (non-hydrogen) atoms. The van der Waals surface area contributed by atoms with Crippen LogP contribution in [0.1, 0.15) is 29.7 Å². The third-order valence-electron chi connectivity index (χ3n) is 3.79. The summed E-state index contributed by atoms with van der Waals surface area (Å²) in [4.78, 5) is 4.79. The Labute approximate surface area is 107 Å². The molecular weight excluding hydrogens is 224 g/mol. The van der Waals surface area contributed by atoms with E-state index in [1.54, 1.807) is 7.11 Å². The number of aromatic nitrogens is 1. The molecule has 1 aromatic carbocycles. The summed E-state index contributed by atoms with van der Waals surface area (Å²) in [6.45, 7) is 0.578. The van der Waals surface area contributed by atoms with Crippen molar-refractivity contribution in [1.82, 2.24) is 4.98 Å². The highest BCUT2D eigenvalue weighted by Gasteiger charge is 2.17. The Kier molecular flexibility index (Phi) is 2.92. The summed E-state index contributed by atoms with van der Waals surface area (Å²) >= 11 is 0. The normalized spacial score (nSPS) is 14.6.